The van der Waals surface area contributed by atoms with Crippen LogP contribution in [0.5, 0.6) is 0 Å². The third-order valence-corrected chi connectivity index (χ3v) is 6.19. The highest BCUT2D eigenvalue weighted by atomic mass is 35.5. The lowest BCUT2D eigenvalue weighted by atomic mass is 9.86. The van der Waals surface area contributed by atoms with Crippen molar-refractivity contribution in [2.24, 2.45) is 5.92 Å². The monoisotopic (exact) mass is 435 g/mol. The third-order valence-electron chi connectivity index (χ3n) is 5.99. The number of amides is 1. The highest BCUT2D eigenvalue weighted by Gasteiger charge is 2.33. The summed E-state index contributed by atoms with van der Waals surface area (Å²) in [5.74, 6) is 1.24. The van der Waals surface area contributed by atoms with E-state index in [1.807, 2.05) is 30.0 Å². The number of halogens is 1. The van der Waals surface area contributed by atoms with Gasteiger partial charge in [-0.1, -0.05) is 36.2 Å². The van der Waals surface area contributed by atoms with Crippen LogP contribution in [0.3, 0.4) is 0 Å². The van der Waals surface area contributed by atoms with Gasteiger partial charge in [0.2, 0.25) is 0 Å². The molecule has 3 aromatic rings. The van der Waals surface area contributed by atoms with Crippen molar-refractivity contribution >= 4 is 17.5 Å². The van der Waals surface area contributed by atoms with Crippen molar-refractivity contribution in [3.63, 3.8) is 0 Å². The molecule has 1 fully saturated rings. The van der Waals surface area contributed by atoms with Gasteiger partial charge in [-0.3, -0.25) is 4.79 Å². The lowest BCUT2D eigenvalue weighted by molar-refractivity contribution is 0.0499. The molecular formula is C24H26ClN5O. The van der Waals surface area contributed by atoms with Gasteiger partial charge in [0.05, 0.1) is 5.02 Å². The first-order valence-corrected chi connectivity index (χ1v) is 11.0. The lowest BCUT2D eigenvalue weighted by Gasteiger charge is -2.40. The number of nitrogens with zero attached hydrogens (tertiary/aromatic N) is 5. The number of hydrogen-bond donors (Lipinski definition) is 0. The van der Waals surface area contributed by atoms with Gasteiger partial charge in [-0.15, -0.1) is 0 Å². The molecule has 31 heavy (non-hydrogen) atoms. The van der Waals surface area contributed by atoms with Crippen molar-refractivity contribution in [3.8, 4) is 11.1 Å². The minimum absolute atomic E-state index is 0.0659. The average Bonchev–Trinajstić information content (AvgIpc) is 2.79. The van der Waals surface area contributed by atoms with Gasteiger partial charge < -0.3 is 4.90 Å². The SMILES string of the molecule is Cc1ccc(-c2cncnc2)c(C(=O)N2CCC[C@@H](C)[C@H]2CCc2ncc(Cl)cn2)c1. The molecule has 1 aliphatic heterocycles. The van der Waals surface area contributed by atoms with E-state index < -0.39 is 0 Å². The zero-order chi connectivity index (χ0) is 21.8. The average molecular weight is 436 g/mol. The van der Waals surface area contributed by atoms with Crippen molar-refractivity contribution < 1.29 is 4.79 Å². The molecule has 160 valence electrons. The predicted molar refractivity (Wildman–Crippen MR) is 121 cm³/mol. The number of benzene rings is 1. The van der Waals surface area contributed by atoms with E-state index in [1.54, 1.807) is 24.8 Å². The number of piperidine rings is 1. The van der Waals surface area contributed by atoms with Crippen molar-refractivity contribution in [3.05, 3.63) is 71.3 Å². The van der Waals surface area contributed by atoms with E-state index in [0.717, 1.165) is 48.3 Å². The molecule has 0 saturated carbocycles. The quantitative estimate of drug-likeness (QED) is 0.577. The summed E-state index contributed by atoms with van der Waals surface area (Å²) in [6.45, 7) is 5.00. The highest BCUT2D eigenvalue weighted by Crippen LogP contribution is 2.31. The first kappa shape index (κ1) is 21.4. The smallest absolute Gasteiger partial charge is 0.254 e. The molecule has 7 heteroatoms. The van der Waals surface area contributed by atoms with Crippen LogP contribution in [0.15, 0.2) is 49.3 Å². The minimum Gasteiger partial charge on any atom is -0.335 e. The lowest BCUT2D eigenvalue weighted by Crippen LogP contribution is -2.48. The van der Waals surface area contributed by atoms with E-state index in [0.29, 0.717) is 22.9 Å². The van der Waals surface area contributed by atoms with Crippen LogP contribution in [0.4, 0.5) is 0 Å². The Labute approximate surface area is 187 Å². The summed E-state index contributed by atoms with van der Waals surface area (Å²) >= 11 is 5.91. The molecule has 0 spiro atoms. The second-order valence-electron chi connectivity index (χ2n) is 8.22. The van der Waals surface area contributed by atoms with Crippen molar-refractivity contribution in [2.45, 2.75) is 45.6 Å². The maximum atomic E-state index is 13.8. The molecule has 2 aromatic heterocycles. The Morgan fingerprint density at radius 3 is 2.65 bits per heavy atom. The fourth-order valence-corrected chi connectivity index (χ4v) is 4.46. The molecule has 1 aliphatic rings. The van der Waals surface area contributed by atoms with Crippen LogP contribution in [0, 0.1) is 12.8 Å². The Bertz CT molecular complexity index is 1040. The van der Waals surface area contributed by atoms with E-state index in [1.165, 1.54) is 6.33 Å². The standard InChI is InChI=1S/C24H26ClN5O/c1-16-5-6-20(18-11-26-15-27-12-18)21(10-16)24(31)30-9-3-4-17(2)22(30)7-8-23-28-13-19(25)14-29-23/h5-6,10-15,17,22H,3-4,7-9H2,1-2H3/t17-,22-/m1/s1. The van der Waals surface area contributed by atoms with E-state index >= 15 is 0 Å². The molecule has 1 aromatic carbocycles. The summed E-state index contributed by atoms with van der Waals surface area (Å²) in [5.41, 5.74) is 3.48. The summed E-state index contributed by atoms with van der Waals surface area (Å²) in [4.78, 5) is 32.8. The molecule has 1 amide bonds. The Balaban J connectivity index is 1.61. The molecule has 0 unspecified atom stereocenters. The second-order valence-corrected chi connectivity index (χ2v) is 8.65. The number of rotatable bonds is 5. The van der Waals surface area contributed by atoms with Gasteiger partial charge in [-0.05, 0) is 43.7 Å². The summed E-state index contributed by atoms with van der Waals surface area (Å²) < 4.78 is 0. The Hall–Kier alpha value is -2.86. The van der Waals surface area contributed by atoms with Crippen LogP contribution < -0.4 is 0 Å². The maximum absolute atomic E-state index is 13.8. The van der Waals surface area contributed by atoms with Crippen LogP contribution in [0.25, 0.3) is 11.1 Å². The Kier molecular flexibility index (Phi) is 6.56. The molecular weight excluding hydrogens is 410 g/mol. The topological polar surface area (TPSA) is 71.9 Å². The summed E-state index contributed by atoms with van der Waals surface area (Å²) in [6.07, 6.45) is 11.9. The van der Waals surface area contributed by atoms with Crippen LogP contribution in [-0.2, 0) is 6.42 Å². The first-order chi connectivity index (χ1) is 15.0. The number of carbonyl (C=O) groups excluding carboxylic acids is 1. The first-order valence-electron chi connectivity index (χ1n) is 10.7. The van der Waals surface area contributed by atoms with E-state index in [2.05, 4.69) is 26.9 Å². The van der Waals surface area contributed by atoms with Crippen molar-refractivity contribution in [1.29, 1.82) is 0 Å². The number of carbonyl (C=O) groups is 1. The van der Waals surface area contributed by atoms with Gasteiger partial charge in [-0.2, -0.15) is 0 Å². The van der Waals surface area contributed by atoms with Gasteiger partial charge in [0, 0.05) is 54.9 Å². The van der Waals surface area contributed by atoms with Gasteiger partial charge in [0.15, 0.2) is 0 Å². The molecule has 2 atom stereocenters. The largest absolute Gasteiger partial charge is 0.335 e. The Morgan fingerprint density at radius 2 is 1.90 bits per heavy atom. The molecule has 0 bridgehead atoms. The molecule has 0 aliphatic carbocycles. The molecule has 0 radical (unpaired) electrons. The van der Waals surface area contributed by atoms with Gasteiger partial charge in [0.25, 0.3) is 5.91 Å². The molecule has 0 N–H and O–H groups in total. The number of aromatic nitrogens is 4. The molecule has 6 nitrogen and oxygen atoms in total. The fourth-order valence-electron chi connectivity index (χ4n) is 4.37. The maximum Gasteiger partial charge on any atom is 0.254 e. The molecule has 1 saturated heterocycles. The third kappa shape index (κ3) is 4.90. The zero-order valence-electron chi connectivity index (χ0n) is 17.8. The number of aryl methyl sites for hydroxylation is 2. The van der Waals surface area contributed by atoms with Crippen molar-refractivity contribution in [1.82, 2.24) is 24.8 Å². The van der Waals surface area contributed by atoms with Gasteiger partial charge >= 0.3 is 0 Å². The Morgan fingerprint density at radius 1 is 1.16 bits per heavy atom. The van der Waals surface area contributed by atoms with Crippen LogP contribution in [0.1, 0.15) is 47.9 Å². The van der Waals surface area contributed by atoms with Crippen LogP contribution in [0.2, 0.25) is 5.02 Å². The normalized spacial score (nSPS) is 18.7. The minimum atomic E-state index is 0.0659. The van der Waals surface area contributed by atoms with Crippen molar-refractivity contribution in [2.75, 3.05) is 6.54 Å². The van der Waals surface area contributed by atoms with Gasteiger partial charge in [-0.25, -0.2) is 19.9 Å². The molecule has 4 rings (SSSR count). The number of hydrogen-bond acceptors (Lipinski definition) is 5. The molecule has 3 heterocycles. The summed E-state index contributed by atoms with van der Waals surface area (Å²) in [6, 6.07) is 6.13. The van der Waals surface area contributed by atoms with E-state index in [4.69, 9.17) is 11.6 Å². The predicted octanol–water partition coefficient (Wildman–Crippen LogP) is 4.77. The summed E-state index contributed by atoms with van der Waals surface area (Å²) in [5, 5.41) is 0.531. The fraction of sp³-hybridized carbons (Fsp3) is 0.375. The summed E-state index contributed by atoms with van der Waals surface area (Å²) in [7, 11) is 0. The number of likely N-dealkylation sites (tertiary alicyclic amines) is 1. The van der Waals surface area contributed by atoms with Crippen LogP contribution in [-0.4, -0.2) is 43.3 Å². The van der Waals surface area contributed by atoms with E-state index in [-0.39, 0.29) is 11.9 Å². The van der Waals surface area contributed by atoms with Crippen LogP contribution >= 0.6 is 11.6 Å². The zero-order valence-corrected chi connectivity index (χ0v) is 18.6. The highest BCUT2D eigenvalue weighted by molar-refractivity contribution is 6.30. The second kappa shape index (κ2) is 9.52. The van der Waals surface area contributed by atoms with Gasteiger partial charge in [0.1, 0.15) is 12.2 Å². The van der Waals surface area contributed by atoms with E-state index in [9.17, 15) is 4.79 Å².